The van der Waals surface area contributed by atoms with E-state index in [0.717, 1.165) is 22.0 Å². The summed E-state index contributed by atoms with van der Waals surface area (Å²) in [5.41, 5.74) is 1.85. The fourth-order valence-electron chi connectivity index (χ4n) is 2.81. The Labute approximate surface area is 184 Å². The molecule has 0 fully saturated rings. The minimum atomic E-state index is -0.325. The average molecular weight is 435 g/mol. The molecule has 0 aliphatic heterocycles. The zero-order valence-electron chi connectivity index (χ0n) is 17.7. The first kappa shape index (κ1) is 20.7. The van der Waals surface area contributed by atoms with Gasteiger partial charge in [-0.1, -0.05) is 20.8 Å². The Kier molecular flexibility index (Phi) is 5.51. The number of carbonyl (C=O) groups excluding carboxylic acids is 1. The van der Waals surface area contributed by atoms with Gasteiger partial charge < -0.3 is 10.1 Å². The van der Waals surface area contributed by atoms with Gasteiger partial charge in [0.2, 0.25) is 0 Å². The molecule has 0 aliphatic rings. The summed E-state index contributed by atoms with van der Waals surface area (Å²) in [7, 11) is 1.62. The van der Waals surface area contributed by atoms with Crippen LogP contribution in [0.2, 0.25) is 0 Å². The van der Waals surface area contributed by atoms with E-state index in [2.05, 4.69) is 46.1 Å². The Hall–Kier alpha value is -3.59. The fraction of sp³-hybridized carbons (Fsp3) is 0.227. The molecule has 0 spiro atoms. The molecular weight excluding hydrogens is 412 g/mol. The van der Waals surface area contributed by atoms with Gasteiger partial charge in [-0.25, -0.2) is 15.0 Å². The van der Waals surface area contributed by atoms with Crippen LogP contribution in [0.25, 0.3) is 16.5 Å². The zero-order chi connectivity index (χ0) is 22.0. The van der Waals surface area contributed by atoms with Gasteiger partial charge in [-0.05, 0) is 30.3 Å². The lowest BCUT2D eigenvalue weighted by Gasteiger charge is -2.13. The van der Waals surface area contributed by atoms with Crippen LogP contribution in [0.15, 0.2) is 54.2 Å². The lowest BCUT2D eigenvalue weighted by Crippen LogP contribution is -2.16. The minimum Gasteiger partial charge on any atom is -0.497 e. The van der Waals surface area contributed by atoms with Crippen LogP contribution < -0.4 is 10.1 Å². The number of benzene rings is 1. The van der Waals surface area contributed by atoms with Crippen molar-refractivity contribution in [1.82, 2.24) is 24.7 Å². The second-order valence-electron chi connectivity index (χ2n) is 7.85. The predicted octanol–water partition coefficient (Wildman–Crippen LogP) is 4.34. The second kappa shape index (κ2) is 8.27. The molecule has 3 heterocycles. The van der Waals surface area contributed by atoms with E-state index in [0.29, 0.717) is 17.5 Å². The van der Waals surface area contributed by atoms with Gasteiger partial charge in [0.25, 0.3) is 11.9 Å². The molecule has 3 aromatic heterocycles. The Bertz CT molecular complexity index is 1190. The molecular formula is C22H22N6O2S. The van der Waals surface area contributed by atoms with Gasteiger partial charge in [0, 0.05) is 34.8 Å². The summed E-state index contributed by atoms with van der Waals surface area (Å²) in [5.74, 6) is 1.31. The lowest BCUT2D eigenvalue weighted by molar-refractivity contribution is 0.102. The van der Waals surface area contributed by atoms with Crippen molar-refractivity contribution in [2.45, 2.75) is 26.2 Å². The number of hydrogen-bond acceptors (Lipinski definition) is 7. The smallest absolute Gasteiger partial charge is 0.276 e. The molecule has 1 aromatic carbocycles. The predicted molar refractivity (Wildman–Crippen MR) is 120 cm³/mol. The normalized spacial score (nSPS) is 11.4. The van der Waals surface area contributed by atoms with Crippen molar-refractivity contribution in [1.29, 1.82) is 0 Å². The third-order valence-corrected chi connectivity index (χ3v) is 5.43. The number of rotatable bonds is 5. The summed E-state index contributed by atoms with van der Waals surface area (Å²) in [6.45, 7) is 6.16. The number of hydrogen-bond donors (Lipinski definition) is 1. The highest BCUT2D eigenvalue weighted by molar-refractivity contribution is 7.13. The summed E-state index contributed by atoms with van der Waals surface area (Å²) in [6, 6.07) is 11.1. The largest absolute Gasteiger partial charge is 0.497 e. The van der Waals surface area contributed by atoms with Crippen molar-refractivity contribution < 1.29 is 9.53 Å². The molecule has 0 saturated carbocycles. The molecule has 8 nitrogen and oxygen atoms in total. The standard InChI is InChI=1S/C22H22N6O2S/c1-22(2,3)17-12-18(28(27-17)21-23-10-5-11-24-21)26-19(29)16-13-31-20(25-16)14-6-8-15(30-4)9-7-14/h5-13H,1-4H3,(H,26,29). The van der Waals surface area contributed by atoms with E-state index in [1.54, 1.807) is 30.9 Å². The molecule has 0 saturated heterocycles. The molecule has 4 rings (SSSR count). The maximum absolute atomic E-state index is 12.9. The van der Waals surface area contributed by atoms with E-state index < -0.39 is 0 Å². The monoisotopic (exact) mass is 434 g/mol. The Morgan fingerprint density at radius 1 is 1.13 bits per heavy atom. The van der Waals surface area contributed by atoms with Crippen LogP contribution in [0, 0.1) is 0 Å². The van der Waals surface area contributed by atoms with Gasteiger partial charge in [0.15, 0.2) is 0 Å². The molecule has 0 radical (unpaired) electrons. The van der Waals surface area contributed by atoms with Crippen molar-refractivity contribution in [3.8, 4) is 22.3 Å². The highest BCUT2D eigenvalue weighted by Gasteiger charge is 2.23. The van der Waals surface area contributed by atoms with Crippen LogP contribution in [0.1, 0.15) is 37.0 Å². The van der Waals surface area contributed by atoms with Crippen molar-refractivity contribution >= 4 is 23.1 Å². The first-order chi connectivity index (χ1) is 14.8. The minimum absolute atomic E-state index is 0.207. The zero-order valence-corrected chi connectivity index (χ0v) is 18.5. The number of anilines is 1. The summed E-state index contributed by atoms with van der Waals surface area (Å²) in [4.78, 5) is 25.9. The number of carbonyl (C=O) groups is 1. The third kappa shape index (κ3) is 4.46. The number of nitrogens with zero attached hydrogens (tertiary/aromatic N) is 5. The average Bonchev–Trinajstić information content (AvgIpc) is 3.42. The van der Waals surface area contributed by atoms with Gasteiger partial charge in [0.1, 0.15) is 22.3 Å². The van der Waals surface area contributed by atoms with E-state index in [-0.39, 0.29) is 11.3 Å². The highest BCUT2D eigenvalue weighted by Crippen LogP contribution is 2.28. The van der Waals surface area contributed by atoms with E-state index in [4.69, 9.17) is 4.74 Å². The first-order valence-corrected chi connectivity index (χ1v) is 10.5. The van der Waals surface area contributed by atoms with E-state index in [1.165, 1.54) is 16.0 Å². The molecule has 0 unspecified atom stereocenters. The second-order valence-corrected chi connectivity index (χ2v) is 8.70. The Balaban J connectivity index is 1.61. The lowest BCUT2D eigenvalue weighted by atomic mass is 9.92. The molecule has 31 heavy (non-hydrogen) atoms. The van der Waals surface area contributed by atoms with E-state index in [1.807, 2.05) is 30.3 Å². The molecule has 0 aliphatic carbocycles. The quantitative estimate of drug-likeness (QED) is 0.502. The molecule has 0 bridgehead atoms. The van der Waals surface area contributed by atoms with Crippen molar-refractivity contribution in [2.24, 2.45) is 0 Å². The third-order valence-electron chi connectivity index (χ3n) is 4.53. The number of amides is 1. The molecule has 1 amide bonds. The van der Waals surface area contributed by atoms with E-state index in [9.17, 15) is 4.79 Å². The van der Waals surface area contributed by atoms with Crippen molar-refractivity contribution in [3.05, 3.63) is 65.6 Å². The van der Waals surface area contributed by atoms with Crippen molar-refractivity contribution in [3.63, 3.8) is 0 Å². The maximum atomic E-state index is 12.9. The van der Waals surface area contributed by atoms with Gasteiger partial charge >= 0.3 is 0 Å². The van der Waals surface area contributed by atoms with Crippen LogP contribution in [-0.4, -0.2) is 37.7 Å². The van der Waals surface area contributed by atoms with Crippen LogP contribution in [-0.2, 0) is 5.41 Å². The number of aromatic nitrogens is 5. The number of thiazole rings is 1. The summed E-state index contributed by atoms with van der Waals surface area (Å²) < 4.78 is 6.73. The number of ether oxygens (including phenoxy) is 1. The number of nitrogens with one attached hydrogen (secondary N) is 1. The van der Waals surface area contributed by atoms with Crippen molar-refractivity contribution in [2.75, 3.05) is 12.4 Å². The Morgan fingerprint density at radius 3 is 2.48 bits per heavy atom. The fourth-order valence-corrected chi connectivity index (χ4v) is 3.62. The van der Waals surface area contributed by atoms with Gasteiger partial charge in [-0.15, -0.1) is 11.3 Å². The van der Waals surface area contributed by atoms with Gasteiger partial charge in [-0.2, -0.15) is 9.78 Å². The molecule has 9 heteroatoms. The van der Waals surface area contributed by atoms with Gasteiger partial charge in [0.05, 0.1) is 12.8 Å². The summed E-state index contributed by atoms with van der Waals surface area (Å²) in [6.07, 6.45) is 3.27. The van der Waals surface area contributed by atoms with Crippen LogP contribution in [0.4, 0.5) is 5.82 Å². The summed E-state index contributed by atoms with van der Waals surface area (Å²) in [5, 5.41) is 10.0. The SMILES string of the molecule is COc1ccc(-c2nc(C(=O)Nc3cc(C(C)(C)C)nn3-c3ncccn3)cs2)cc1. The van der Waals surface area contributed by atoms with Gasteiger partial charge in [-0.3, -0.25) is 4.79 Å². The molecule has 1 N–H and O–H groups in total. The Morgan fingerprint density at radius 2 is 1.84 bits per heavy atom. The summed E-state index contributed by atoms with van der Waals surface area (Å²) >= 11 is 1.41. The maximum Gasteiger partial charge on any atom is 0.276 e. The number of methoxy groups -OCH3 is 1. The topological polar surface area (TPSA) is 94.8 Å². The first-order valence-electron chi connectivity index (χ1n) is 9.64. The van der Waals surface area contributed by atoms with E-state index >= 15 is 0 Å². The molecule has 158 valence electrons. The van der Waals surface area contributed by atoms with Crippen LogP contribution in [0.3, 0.4) is 0 Å². The highest BCUT2D eigenvalue weighted by atomic mass is 32.1. The van der Waals surface area contributed by atoms with Crippen LogP contribution >= 0.6 is 11.3 Å². The molecule has 0 atom stereocenters. The van der Waals surface area contributed by atoms with Crippen LogP contribution in [0.5, 0.6) is 5.75 Å². The molecule has 4 aromatic rings.